The molecule has 0 saturated carbocycles. The van der Waals surface area contributed by atoms with Crippen molar-refractivity contribution in [3.05, 3.63) is 54.1 Å². The quantitative estimate of drug-likeness (QED) is 0.548. The summed E-state index contributed by atoms with van der Waals surface area (Å²) >= 11 is 0. The fraction of sp³-hybridized carbons (Fsp3) is 0.158. The predicted octanol–water partition coefficient (Wildman–Crippen LogP) is 2.81. The van der Waals surface area contributed by atoms with Crippen LogP contribution in [0.2, 0.25) is 0 Å². The molecular formula is C19H19N3O4. The number of anilines is 3. The molecule has 0 heterocycles. The zero-order valence-electron chi connectivity index (χ0n) is 14.5. The van der Waals surface area contributed by atoms with Crippen molar-refractivity contribution in [1.82, 2.24) is 0 Å². The van der Waals surface area contributed by atoms with Gasteiger partial charge in [0.05, 0.1) is 0 Å². The largest absolute Gasteiger partial charge is 0.326 e. The van der Waals surface area contributed by atoms with E-state index in [0.717, 1.165) is 0 Å². The Morgan fingerprint density at radius 1 is 0.731 bits per heavy atom. The van der Waals surface area contributed by atoms with E-state index in [2.05, 4.69) is 16.0 Å². The molecule has 134 valence electrons. The van der Waals surface area contributed by atoms with Crippen molar-refractivity contribution in [2.45, 2.75) is 20.3 Å². The number of Topliss-reactive ketones (excluding diaryl/α,β-unsaturated/α-hetero) is 1. The molecule has 3 amide bonds. The van der Waals surface area contributed by atoms with Gasteiger partial charge in [0.25, 0.3) is 0 Å². The van der Waals surface area contributed by atoms with Gasteiger partial charge < -0.3 is 16.0 Å². The van der Waals surface area contributed by atoms with Crippen LogP contribution in [0.25, 0.3) is 0 Å². The molecule has 0 saturated heterocycles. The monoisotopic (exact) mass is 353 g/mol. The molecule has 0 aliphatic rings. The number of hydrogen-bond acceptors (Lipinski definition) is 4. The van der Waals surface area contributed by atoms with Crippen LogP contribution in [-0.4, -0.2) is 23.5 Å². The number of carbonyl (C=O) groups is 4. The summed E-state index contributed by atoms with van der Waals surface area (Å²) in [5.41, 5.74) is 2.06. The third-order valence-corrected chi connectivity index (χ3v) is 3.36. The van der Waals surface area contributed by atoms with Crippen LogP contribution in [0.3, 0.4) is 0 Å². The average molecular weight is 353 g/mol. The van der Waals surface area contributed by atoms with E-state index in [9.17, 15) is 19.2 Å². The molecule has 0 fully saturated rings. The number of ketones is 1. The molecule has 0 atom stereocenters. The Morgan fingerprint density at radius 2 is 1.27 bits per heavy atom. The van der Waals surface area contributed by atoms with Gasteiger partial charge >= 0.3 is 0 Å². The summed E-state index contributed by atoms with van der Waals surface area (Å²) in [5.74, 6) is -1.24. The molecule has 0 radical (unpaired) electrons. The number of rotatable bonds is 6. The van der Waals surface area contributed by atoms with Crippen LogP contribution < -0.4 is 16.0 Å². The molecule has 2 rings (SSSR count). The average Bonchev–Trinajstić information content (AvgIpc) is 2.54. The number of hydrogen-bond donors (Lipinski definition) is 3. The van der Waals surface area contributed by atoms with E-state index in [1.807, 2.05) is 0 Å². The lowest BCUT2D eigenvalue weighted by atomic mass is 10.1. The molecule has 0 aliphatic heterocycles. The fourth-order valence-electron chi connectivity index (χ4n) is 2.22. The van der Waals surface area contributed by atoms with E-state index in [1.165, 1.54) is 13.8 Å². The molecule has 0 aromatic heterocycles. The van der Waals surface area contributed by atoms with Crippen molar-refractivity contribution in [3.8, 4) is 0 Å². The van der Waals surface area contributed by atoms with Gasteiger partial charge in [-0.2, -0.15) is 0 Å². The molecule has 7 heteroatoms. The second-order valence-electron chi connectivity index (χ2n) is 5.67. The van der Waals surface area contributed by atoms with Crippen molar-refractivity contribution < 1.29 is 19.2 Å². The summed E-state index contributed by atoms with van der Waals surface area (Å²) in [4.78, 5) is 46.2. The van der Waals surface area contributed by atoms with Gasteiger partial charge in [-0.3, -0.25) is 19.2 Å². The number of carbonyl (C=O) groups excluding carboxylic acids is 4. The molecule has 0 aliphatic carbocycles. The van der Waals surface area contributed by atoms with E-state index >= 15 is 0 Å². The van der Waals surface area contributed by atoms with Crippen LogP contribution in [0, 0.1) is 0 Å². The summed E-state index contributed by atoms with van der Waals surface area (Å²) in [6.45, 7) is 2.84. The Labute approximate surface area is 150 Å². The lowest BCUT2D eigenvalue weighted by Crippen LogP contribution is -2.21. The fourth-order valence-corrected chi connectivity index (χ4v) is 2.22. The first-order valence-electron chi connectivity index (χ1n) is 7.92. The third kappa shape index (κ3) is 5.86. The predicted molar refractivity (Wildman–Crippen MR) is 99.1 cm³/mol. The smallest absolute Gasteiger partial charge is 0.233 e. The summed E-state index contributed by atoms with van der Waals surface area (Å²) in [7, 11) is 0. The highest BCUT2D eigenvalue weighted by Gasteiger charge is 2.11. The lowest BCUT2D eigenvalue weighted by Gasteiger charge is -2.08. The Balaban J connectivity index is 1.89. The molecule has 0 unspecified atom stereocenters. The highest BCUT2D eigenvalue weighted by atomic mass is 16.2. The first-order chi connectivity index (χ1) is 12.3. The second-order valence-corrected chi connectivity index (χ2v) is 5.67. The van der Waals surface area contributed by atoms with Crippen LogP contribution in [0.5, 0.6) is 0 Å². The van der Waals surface area contributed by atoms with Crippen molar-refractivity contribution in [1.29, 1.82) is 0 Å². The number of benzene rings is 2. The van der Waals surface area contributed by atoms with Crippen molar-refractivity contribution >= 4 is 40.6 Å². The maximum Gasteiger partial charge on any atom is 0.233 e. The van der Waals surface area contributed by atoms with E-state index in [1.54, 1.807) is 48.5 Å². The number of nitrogens with one attached hydrogen (secondary N) is 3. The molecular weight excluding hydrogens is 334 g/mol. The zero-order valence-corrected chi connectivity index (χ0v) is 14.5. The van der Waals surface area contributed by atoms with Gasteiger partial charge in [0.15, 0.2) is 5.78 Å². The Kier molecular flexibility index (Phi) is 6.21. The first kappa shape index (κ1) is 18.9. The van der Waals surface area contributed by atoms with E-state index < -0.39 is 11.8 Å². The maximum atomic E-state index is 12.0. The van der Waals surface area contributed by atoms with Gasteiger partial charge in [-0.1, -0.05) is 6.07 Å². The highest BCUT2D eigenvalue weighted by molar-refractivity contribution is 6.08. The molecule has 2 aromatic rings. The van der Waals surface area contributed by atoms with Gasteiger partial charge in [0.1, 0.15) is 6.42 Å². The summed E-state index contributed by atoms with van der Waals surface area (Å²) in [6, 6.07) is 13.0. The second kappa shape index (κ2) is 8.57. The maximum absolute atomic E-state index is 12.0. The minimum absolute atomic E-state index is 0.0660. The molecule has 2 aromatic carbocycles. The first-order valence-corrected chi connectivity index (χ1v) is 7.92. The molecule has 7 nitrogen and oxygen atoms in total. The molecule has 0 bridgehead atoms. The molecule has 0 spiro atoms. The zero-order chi connectivity index (χ0) is 19.1. The normalized spacial score (nSPS) is 9.92. The van der Waals surface area contributed by atoms with Crippen LogP contribution in [-0.2, 0) is 14.4 Å². The minimum Gasteiger partial charge on any atom is -0.326 e. The van der Waals surface area contributed by atoms with Gasteiger partial charge in [0, 0.05) is 29.5 Å². The highest BCUT2D eigenvalue weighted by Crippen LogP contribution is 2.15. The standard InChI is InChI=1S/C19H19N3O4/c1-12(23)14-6-8-15(9-7-14)21-18(25)11-19(26)22-17-5-3-4-16(10-17)20-13(2)24/h3-10H,11H2,1-2H3,(H,20,24)(H,21,25)(H,22,26). The van der Waals surface area contributed by atoms with Crippen molar-refractivity contribution in [2.24, 2.45) is 0 Å². The van der Waals surface area contributed by atoms with Gasteiger partial charge in [0.2, 0.25) is 17.7 Å². The SMILES string of the molecule is CC(=O)Nc1cccc(NC(=O)CC(=O)Nc2ccc(C(C)=O)cc2)c1. The number of amides is 3. The summed E-state index contributed by atoms with van der Waals surface area (Å²) in [6.07, 6.45) is -0.362. The molecule has 26 heavy (non-hydrogen) atoms. The lowest BCUT2D eigenvalue weighted by molar-refractivity contribution is -0.123. The van der Waals surface area contributed by atoms with Crippen molar-refractivity contribution in [3.63, 3.8) is 0 Å². The van der Waals surface area contributed by atoms with E-state index in [4.69, 9.17) is 0 Å². The summed E-state index contributed by atoms with van der Waals surface area (Å²) < 4.78 is 0. The Hall–Kier alpha value is -3.48. The van der Waals surface area contributed by atoms with Gasteiger partial charge in [-0.15, -0.1) is 0 Å². The third-order valence-electron chi connectivity index (χ3n) is 3.36. The Bertz CT molecular complexity index is 844. The van der Waals surface area contributed by atoms with Crippen LogP contribution in [0.15, 0.2) is 48.5 Å². The minimum atomic E-state index is -0.483. The summed E-state index contributed by atoms with van der Waals surface area (Å²) in [5, 5.41) is 7.81. The van der Waals surface area contributed by atoms with Crippen LogP contribution in [0.4, 0.5) is 17.1 Å². The van der Waals surface area contributed by atoms with Gasteiger partial charge in [-0.05, 0) is 49.4 Å². The topological polar surface area (TPSA) is 104 Å². The van der Waals surface area contributed by atoms with E-state index in [-0.39, 0.29) is 18.1 Å². The Morgan fingerprint density at radius 3 is 1.81 bits per heavy atom. The van der Waals surface area contributed by atoms with Crippen LogP contribution in [0.1, 0.15) is 30.6 Å². The van der Waals surface area contributed by atoms with Crippen LogP contribution >= 0.6 is 0 Å². The molecule has 3 N–H and O–H groups in total. The van der Waals surface area contributed by atoms with Crippen molar-refractivity contribution in [2.75, 3.05) is 16.0 Å². The van der Waals surface area contributed by atoms with E-state index in [0.29, 0.717) is 22.6 Å². The van der Waals surface area contributed by atoms with Gasteiger partial charge in [-0.25, -0.2) is 0 Å².